The quantitative estimate of drug-likeness (QED) is 0.801. The van der Waals surface area contributed by atoms with Crippen molar-refractivity contribution in [3.05, 3.63) is 34.9 Å². The number of halogens is 1. The van der Waals surface area contributed by atoms with E-state index in [4.69, 9.17) is 11.6 Å². The van der Waals surface area contributed by atoms with Gasteiger partial charge in [0.2, 0.25) is 5.91 Å². The fraction of sp³-hybridized carbons (Fsp3) is 0.588. The van der Waals surface area contributed by atoms with Crippen LogP contribution in [0.25, 0.3) is 0 Å². The lowest BCUT2D eigenvalue weighted by Crippen LogP contribution is -2.44. The van der Waals surface area contributed by atoms with Crippen LogP contribution in [-0.2, 0) is 11.2 Å². The van der Waals surface area contributed by atoms with Crippen LogP contribution in [0.15, 0.2) is 24.3 Å². The topological polar surface area (TPSA) is 20.3 Å². The molecule has 1 heterocycles. The van der Waals surface area contributed by atoms with Crippen LogP contribution in [0, 0.1) is 11.3 Å². The lowest BCUT2D eigenvalue weighted by atomic mass is 9.88. The number of carbonyl (C=O) groups is 1. The zero-order chi connectivity index (χ0) is 14.8. The first-order valence-corrected chi connectivity index (χ1v) is 7.78. The fourth-order valence-electron chi connectivity index (χ4n) is 2.77. The Labute approximate surface area is 127 Å². The number of piperidine rings is 1. The average molecular weight is 294 g/mol. The third-order valence-electron chi connectivity index (χ3n) is 3.98. The van der Waals surface area contributed by atoms with Gasteiger partial charge in [0.05, 0.1) is 0 Å². The summed E-state index contributed by atoms with van der Waals surface area (Å²) in [5.41, 5.74) is 1.08. The summed E-state index contributed by atoms with van der Waals surface area (Å²) in [6, 6.07) is 8.12. The summed E-state index contributed by atoms with van der Waals surface area (Å²) >= 11 is 5.91. The molecular formula is C17H24ClNO. The molecule has 3 heteroatoms. The second-order valence-corrected chi connectivity index (χ2v) is 7.25. The third-order valence-corrected chi connectivity index (χ3v) is 4.23. The zero-order valence-electron chi connectivity index (χ0n) is 12.7. The van der Waals surface area contributed by atoms with Crippen LogP contribution >= 0.6 is 11.6 Å². The first-order chi connectivity index (χ1) is 9.36. The molecule has 1 aromatic carbocycles. The van der Waals surface area contributed by atoms with E-state index < -0.39 is 0 Å². The van der Waals surface area contributed by atoms with Gasteiger partial charge in [-0.15, -0.1) is 0 Å². The first kappa shape index (κ1) is 15.4. The molecule has 0 aromatic heterocycles. The highest BCUT2D eigenvalue weighted by Crippen LogP contribution is 2.26. The molecular weight excluding hydrogens is 270 g/mol. The molecule has 0 radical (unpaired) electrons. The van der Waals surface area contributed by atoms with E-state index in [1.54, 1.807) is 0 Å². The summed E-state index contributed by atoms with van der Waals surface area (Å²) in [7, 11) is 0. The van der Waals surface area contributed by atoms with E-state index >= 15 is 0 Å². The normalized spacial score (nSPS) is 17.3. The molecule has 1 aliphatic heterocycles. The molecule has 1 amide bonds. The fourth-order valence-corrected chi connectivity index (χ4v) is 2.89. The number of hydrogen-bond acceptors (Lipinski definition) is 1. The Morgan fingerprint density at radius 3 is 2.25 bits per heavy atom. The van der Waals surface area contributed by atoms with Crippen molar-refractivity contribution < 1.29 is 4.79 Å². The standard InChI is InChI=1S/C17H24ClNO/c1-17(2,3)16(20)19-10-8-14(9-11-19)12-13-4-6-15(18)7-5-13/h4-7,14H,8-12H2,1-3H3. The number of hydrogen-bond donors (Lipinski definition) is 0. The Hall–Kier alpha value is -1.02. The van der Waals surface area contributed by atoms with Crippen molar-refractivity contribution >= 4 is 17.5 Å². The van der Waals surface area contributed by atoms with Crippen molar-refractivity contribution in [1.82, 2.24) is 4.90 Å². The van der Waals surface area contributed by atoms with Crippen LogP contribution in [0.2, 0.25) is 5.02 Å². The maximum atomic E-state index is 12.2. The molecule has 0 aliphatic carbocycles. The molecule has 1 aromatic rings. The van der Waals surface area contributed by atoms with Crippen LogP contribution in [-0.4, -0.2) is 23.9 Å². The van der Waals surface area contributed by atoms with Gasteiger partial charge in [-0.25, -0.2) is 0 Å². The maximum Gasteiger partial charge on any atom is 0.227 e. The highest BCUT2D eigenvalue weighted by Gasteiger charge is 2.30. The van der Waals surface area contributed by atoms with E-state index in [0.29, 0.717) is 5.92 Å². The van der Waals surface area contributed by atoms with Gasteiger partial charge in [0, 0.05) is 23.5 Å². The van der Waals surface area contributed by atoms with E-state index in [9.17, 15) is 4.79 Å². The largest absolute Gasteiger partial charge is 0.342 e. The Morgan fingerprint density at radius 1 is 1.20 bits per heavy atom. The maximum absolute atomic E-state index is 12.2. The van der Waals surface area contributed by atoms with Crippen LogP contribution in [0.3, 0.4) is 0 Å². The van der Waals surface area contributed by atoms with Crippen molar-refractivity contribution in [3.8, 4) is 0 Å². The van der Waals surface area contributed by atoms with Gasteiger partial charge in [0.1, 0.15) is 0 Å². The van der Waals surface area contributed by atoms with Gasteiger partial charge < -0.3 is 4.90 Å². The molecule has 0 bridgehead atoms. The van der Waals surface area contributed by atoms with Crippen LogP contribution in [0.4, 0.5) is 0 Å². The molecule has 2 nitrogen and oxygen atoms in total. The molecule has 0 saturated carbocycles. The smallest absolute Gasteiger partial charge is 0.227 e. The zero-order valence-corrected chi connectivity index (χ0v) is 13.4. The lowest BCUT2D eigenvalue weighted by molar-refractivity contribution is -0.140. The van der Waals surface area contributed by atoms with E-state index in [-0.39, 0.29) is 11.3 Å². The Balaban J connectivity index is 1.85. The second-order valence-electron chi connectivity index (χ2n) is 6.82. The summed E-state index contributed by atoms with van der Waals surface area (Å²) in [6.07, 6.45) is 3.30. The van der Waals surface area contributed by atoms with Crippen LogP contribution in [0.5, 0.6) is 0 Å². The van der Waals surface area contributed by atoms with E-state index in [1.807, 2.05) is 37.8 Å². The van der Waals surface area contributed by atoms with Gasteiger partial charge in [0.15, 0.2) is 0 Å². The van der Waals surface area contributed by atoms with Crippen molar-refractivity contribution in [2.45, 2.75) is 40.0 Å². The Morgan fingerprint density at radius 2 is 1.75 bits per heavy atom. The van der Waals surface area contributed by atoms with E-state index in [0.717, 1.165) is 37.4 Å². The van der Waals surface area contributed by atoms with Crippen molar-refractivity contribution in [1.29, 1.82) is 0 Å². The Bertz CT molecular complexity index is 453. The third kappa shape index (κ3) is 3.99. The van der Waals surface area contributed by atoms with Gasteiger partial charge in [-0.1, -0.05) is 44.5 Å². The predicted molar refractivity (Wildman–Crippen MR) is 83.9 cm³/mol. The molecule has 0 atom stereocenters. The van der Waals surface area contributed by atoms with E-state index in [1.165, 1.54) is 5.56 Å². The lowest BCUT2D eigenvalue weighted by Gasteiger charge is -2.35. The number of rotatable bonds is 2. The molecule has 0 N–H and O–H groups in total. The summed E-state index contributed by atoms with van der Waals surface area (Å²) in [5, 5.41) is 0.791. The SMILES string of the molecule is CC(C)(C)C(=O)N1CCC(Cc2ccc(Cl)cc2)CC1. The monoisotopic (exact) mass is 293 g/mol. The first-order valence-electron chi connectivity index (χ1n) is 7.40. The van der Waals surface area contributed by atoms with Gasteiger partial charge >= 0.3 is 0 Å². The second kappa shape index (κ2) is 6.17. The highest BCUT2D eigenvalue weighted by atomic mass is 35.5. The Kier molecular flexibility index (Phi) is 4.74. The van der Waals surface area contributed by atoms with Crippen molar-refractivity contribution in [2.24, 2.45) is 11.3 Å². The van der Waals surface area contributed by atoms with E-state index in [2.05, 4.69) is 12.1 Å². The molecule has 20 heavy (non-hydrogen) atoms. The molecule has 110 valence electrons. The number of benzene rings is 1. The van der Waals surface area contributed by atoms with Gasteiger partial charge in [0.25, 0.3) is 0 Å². The molecule has 0 spiro atoms. The van der Waals surface area contributed by atoms with Crippen molar-refractivity contribution in [2.75, 3.05) is 13.1 Å². The van der Waals surface area contributed by atoms with Gasteiger partial charge in [-0.2, -0.15) is 0 Å². The predicted octanol–water partition coefficient (Wildman–Crippen LogP) is 4.17. The van der Waals surface area contributed by atoms with Crippen LogP contribution < -0.4 is 0 Å². The summed E-state index contributed by atoms with van der Waals surface area (Å²) in [6.45, 7) is 7.78. The number of amides is 1. The van der Waals surface area contributed by atoms with Crippen molar-refractivity contribution in [3.63, 3.8) is 0 Å². The summed E-state index contributed by atoms with van der Waals surface area (Å²) < 4.78 is 0. The minimum Gasteiger partial charge on any atom is -0.342 e. The molecule has 0 unspecified atom stereocenters. The minimum atomic E-state index is -0.261. The average Bonchev–Trinajstić information content (AvgIpc) is 2.40. The summed E-state index contributed by atoms with van der Waals surface area (Å²) in [4.78, 5) is 14.3. The highest BCUT2D eigenvalue weighted by molar-refractivity contribution is 6.30. The van der Waals surface area contributed by atoms with Crippen LogP contribution in [0.1, 0.15) is 39.2 Å². The number of carbonyl (C=O) groups excluding carboxylic acids is 1. The minimum absolute atomic E-state index is 0.261. The molecule has 1 saturated heterocycles. The molecule has 2 rings (SSSR count). The van der Waals surface area contributed by atoms with Gasteiger partial charge in [-0.05, 0) is 42.9 Å². The number of likely N-dealkylation sites (tertiary alicyclic amines) is 1. The van der Waals surface area contributed by atoms with Gasteiger partial charge in [-0.3, -0.25) is 4.79 Å². The molecule has 1 aliphatic rings. The number of nitrogens with zero attached hydrogens (tertiary/aromatic N) is 1. The molecule has 1 fully saturated rings. The summed E-state index contributed by atoms with van der Waals surface area (Å²) in [5.74, 6) is 0.961.